The summed E-state index contributed by atoms with van der Waals surface area (Å²) in [4.78, 5) is 17.3. The molecule has 0 aliphatic carbocycles. The third-order valence-electron chi connectivity index (χ3n) is 2.83. The van der Waals surface area contributed by atoms with Crippen LogP contribution in [0, 0.1) is 5.41 Å². The molecule has 0 aliphatic heterocycles. The van der Waals surface area contributed by atoms with Crippen LogP contribution in [0.4, 0.5) is 0 Å². The third-order valence-corrected chi connectivity index (χ3v) is 2.83. The molecule has 0 radical (unpaired) electrons. The molecule has 0 amide bonds. The van der Waals surface area contributed by atoms with Crippen LogP contribution in [0.2, 0.25) is 0 Å². The number of pyridine rings is 1. The normalized spacial score (nSPS) is 13.7. The highest BCUT2D eigenvalue weighted by Crippen LogP contribution is 2.38. The fourth-order valence-corrected chi connectivity index (χ4v) is 2.39. The van der Waals surface area contributed by atoms with E-state index < -0.39 is 5.97 Å². The van der Waals surface area contributed by atoms with Gasteiger partial charge >= 0.3 is 5.97 Å². The monoisotopic (exact) mass is 236 g/mol. The average molecular weight is 236 g/mol. The lowest BCUT2D eigenvalue weighted by Gasteiger charge is -2.37. The van der Waals surface area contributed by atoms with Crippen LogP contribution >= 0.6 is 0 Å². The third kappa shape index (κ3) is 3.53. The van der Waals surface area contributed by atoms with Crippen molar-refractivity contribution in [3.05, 3.63) is 30.1 Å². The molecule has 0 aliphatic rings. The lowest BCUT2D eigenvalue weighted by Crippen LogP contribution is -2.35. The minimum atomic E-state index is -0.780. The Morgan fingerprint density at radius 3 is 2.53 bits per heavy atom. The van der Waals surface area contributed by atoms with Crippen molar-refractivity contribution in [3.8, 4) is 0 Å². The lowest BCUT2D eigenvalue weighted by atomic mass is 9.79. The Bertz CT molecular complexity index is 374. The maximum absolute atomic E-state index is 10.9. The van der Waals surface area contributed by atoms with Crippen molar-refractivity contribution in [2.45, 2.75) is 26.3 Å². The van der Waals surface area contributed by atoms with E-state index in [0.29, 0.717) is 0 Å². The standard InChI is InChI=1S/C13H20N2O2/c1-13(2,9-11(16)17)12(15(3)4)10-7-5-6-8-14-10/h5-8,12H,9H2,1-4H3,(H,16,17). The first-order chi connectivity index (χ1) is 7.84. The van der Waals surface area contributed by atoms with E-state index in [1.165, 1.54) is 0 Å². The van der Waals surface area contributed by atoms with Gasteiger partial charge in [-0.1, -0.05) is 19.9 Å². The molecule has 0 saturated heterocycles. The number of nitrogens with zero attached hydrogens (tertiary/aromatic N) is 2. The van der Waals surface area contributed by atoms with Crippen LogP contribution in [0.5, 0.6) is 0 Å². The first-order valence-corrected chi connectivity index (χ1v) is 5.64. The van der Waals surface area contributed by atoms with E-state index >= 15 is 0 Å². The number of carboxylic acid groups (broad SMARTS) is 1. The van der Waals surface area contributed by atoms with Gasteiger partial charge in [-0.15, -0.1) is 0 Å². The molecule has 0 spiro atoms. The molecule has 1 heterocycles. The lowest BCUT2D eigenvalue weighted by molar-refractivity contribution is -0.140. The van der Waals surface area contributed by atoms with Crippen LogP contribution in [-0.4, -0.2) is 35.1 Å². The predicted molar refractivity (Wildman–Crippen MR) is 66.7 cm³/mol. The van der Waals surface area contributed by atoms with Gasteiger partial charge in [-0.25, -0.2) is 0 Å². The zero-order valence-electron chi connectivity index (χ0n) is 10.8. The molecule has 17 heavy (non-hydrogen) atoms. The summed E-state index contributed by atoms with van der Waals surface area (Å²) in [6.07, 6.45) is 1.86. The summed E-state index contributed by atoms with van der Waals surface area (Å²) in [6.45, 7) is 3.92. The van der Waals surface area contributed by atoms with Crippen molar-refractivity contribution < 1.29 is 9.90 Å². The van der Waals surface area contributed by atoms with E-state index in [0.717, 1.165) is 5.69 Å². The second-order valence-corrected chi connectivity index (χ2v) is 5.18. The number of aliphatic carboxylic acids is 1. The Morgan fingerprint density at radius 1 is 1.47 bits per heavy atom. The molecule has 4 nitrogen and oxygen atoms in total. The first-order valence-electron chi connectivity index (χ1n) is 5.64. The van der Waals surface area contributed by atoms with Crippen LogP contribution in [0.25, 0.3) is 0 Å². The van der Waals surface area contributed by atoms with Gasteiger partial charge in [-0.05, 0) is 31.6 Å². The van der Waals surface area contributed by atoms with Crippen molar-refractivity contribution in [3.63, 3.8) is 0 Å². The van der Waals surface area contributed by atoms with Crippen molar-refractivity contribution in [1.29, 1.82) is 0 Å². The van der Waals surface area contributed by atoms with Crippen LogP contribution in [0.1, 0.15) is 32.0 Å². The van der Waals surface area contributed by atoms with Crippen LogP contribution in [0.3, 0.4) is 0 Å². The molecule has 1 aromatic heterocycles. The largest absolute Gasteiger partial charge is 0.481 e. The summed E-state index contributed by atoms with van der Waals surface area (Å²) in [5.74, 6) is -0.780. The first kappa shape index (κ1) is 13.6. The fourth-order valence-electron chi connectivity index (χ4n) is 2.39. The number of carbonyl (C=O) groups is 1. The summed E-state index contributed by atoms with van der Waals surface area (Å²) >= 11 is 0. The molecule has 4 heteroatoms. The zero-order chi connectivity index (χ0) is 13.1. The Kier molecular flexibility index (Phi) is 4.23. The second-order valence-electron chi connectivity index (χ2n) is 5.18. The topological polar surface area (TPSA) is 53.4 Å². The summed E-state index contributed by atoms with van der Waals surface area (Å²) in [7, 11) is 3.89. The van der Waals surface area contributed by atoms with Crippen LogP contribution < -0.4 is 0 Å². The number of rotatable bonds is 5. The highest BCUT2D eigenvalue weighted by Gasteiger charge is 2.35. The van der Waals surface area contributed by atoms with E-state index in [9.17, 15) is 4.79 Å². The molecule has 1 atom stereocenters. The average Bonchev–Trinajstić information content (AvgIpc) is 2.15. The van der Waals surface area contributed by atoms with Gasteiger partial charge in [0.05, 0.1) is 18.2 Å². The molecular formula is C13H20N2O2. The van der Waals surface area contributed by atoms with Crippen molar-refractivity contribution >= 4 is 5.97 Å². The molecule has 0 aromatic carbocycles. The number of carboxylic acids is 1. The predicted octanol–water partition coefficient (Wildman–Crippen LogP) is 2.19. The molecule has 94 valence electrons. The fraction of sp³-hybridized carbons (Fsp3) is 0.538. The van der Waals surface area contributed by atoms with E-state index in [1.54, 1.807) is 6.20 Å². The molecular weight excluding hydrogens is 216 g/mol. The molecule has 0 saturated carbocycles. The van der Waals surface area contributed by atoms with Crippen LogP contribution in [-0.2, 0) is 4.79 Å². The second kappa shape index (κ2) is 5.27. The van der Waals surface area contributed by atoms with E-state index in [-0.39, 0.29) is 17.9 Å². The number of hydrogen-bond acceptors (Lipinski definition) is 3. The van der Waals surface area contributed by atoms with Gasteiger partial charge in [0.2, 0.25) is 0 Å². The molecule has 1 aromatic rings. The maximum Gasteiger partial charge on any atom is 0.303 e. The van der Waals surface area contributed by atoms with Gasteiger partial charge in [0.25, 0.3) is 0 Å². The number of hydrogen-bond donors (Lipinski definition) is 1. The van der Waals surface area contributed by atoms with Gasteiger partial charge in [0.15, 0.2) is 0 Å². The summed E-state index contributed by atoms with van der Waals surface area (Å²) in [5.41, 5.74) is 0.535. The summed E-state index contributed by atoms with van der Waals surface area (Å²) in [5, 5.41) is 8.99. The highest BCUT2D eigenvalue weighted by molar-refractivity contribution is 5.67. The molecule has 0 fully saturated rings. The van der Waals surface area contributed by atoms with E-state index in [1.807, 2.05) is 51.0 Å². The quantitative estimate of drug-likeness (QED) is 0.851. The van der Waals surface area contributed by atoms with Gasteiger partial charge in [0.1, 0.15) is 0 Å². The highest BCUT2D eigenvalue weighted by atomic mass is 16.4. The molecule has 1 rings (SSSR count). The van der Waals surface area contributed by atoms with Crippen molar-refractivity contribution in [1.82, 2.24) is 9.88 Å². The number of aromatic nitrogens is 1. The molecule has 0 bridgehead atoms. The minimum absolute atomic E-state index is 0.0141. The Balaban J connectivity index is 3.05. The van der Waals surface area contributed by atoms with Gasteiger partial charge < -0.3 is 10.0 Å². The Labute approximate surface area is 102 Å². The van der Waals surface area contributed by atoms with E-state index in [2.05, 4.69) is 4.98 Å². The van der Waals surface area contributed by atoms with Crippen molar-refractivity contribution in [2.24, 2.45) is 5.41 Å². The SMILES string of the molecule is CN(C)C(c1ccccn1)C(C)(C)CC(=O)O. The van der Waals surface area contributed by atoms with Gasteiger partial charge in [-0.2, -0.15) is 0 Å². The van der Waals surface area contributed by atoms with E-state index in [4.69, 9.17) is 5.11 Å². The molecule has 1 unspecified atom stereocenters. The summed E-state index contributed by atoms with van der Waals surface area (Å²) in [6, 6.07) is 5.71. The molecule has 1 N–H and O–H groups in total. The summed E-state index contributed by atoms with van der Waals surface area (Å²) < 4.78 is 0. The van der Waals surface area contributed by atoms with Gasteiger partial charge in [-0.3, -0.25) is 9.78 Å². The van der Waals surface area contributed by atoms with Gasteiger partial charge in [0, 0.05) is 6.20 Å². The minimum Gasteiger partial charge on any atom is -0.481 e. The Hall–Kier alpha value is -1.42. The van der Waals surface area contributed by atoms with Crippen molar-refractivity contribution in [2.75, 3.05) is 14.1 Å². The smallest absolute Gasteiger partial charge is 0.303 e. The zero-order valence-corrected chi connectivity index (χ0v) is 10.8. The van der Waals surface area contributed by atoms with Crippen LogP contribution in [0.15, 0.2) is 24.4 Å². The maximum atomic E-state index is 10.9. The Morgan fingerprint density at radius 2 is 2.12 bits per heavy atom.